The van der Waals surface area contributed by atoms with Crippen LogP contribution in [0.1, 0.15) is 28.7 Å². The van der Waals surface area contributed by atoms with Gasteiger partial charge in [0.25, 0.3) is 0 Å². The molecule has 0 saturated heterocycles. The van der Waals surface area contributed by atoms with Gasteiger partial charge in [-0.3, -0.25) is 0 Å². The molecule has 2 heterocycles. The monoisotopic (exact) mass is 535 g/mol. The first kappa shape index (κ1) is 23.2. The Morgan fingerprint density at radius 3 is 2.19 bits per heavy atom. The van der Waals surface area contributed by atoms with Gasteiger partial charge in [0, 0.05) is 16.3 Å². The van der Waals surface area contributed by atoms with Crippen LogP contribution in [0.25, 0.3) is 54.6 Å². The number of hydrogen-bond donors (Lipinski definition) is 1. The molecule has 1 aliphatic heterocycles. The summed E-state index contributed by atoms with van der Waals surface area (Å²) in [6.45, 7) is 0. The molecule has 42 heavy (non-hydrogen) atoms. The predicted molar refractivity (Wildman–Crippen MR) is 174 cm³/mol. The SMILES string of the molecule is C1#CC(c2ccc3oc4cccc5c6ccccc6c2c3c45)C(c2cccc(-c3ccccc3)c2)Nc2ccccc21. The lowest BCUT2D eigenvalue weighted by Crippen LogP contribution is -2.18. The second-order valence-corrected chi connectivity index (χ2v) is 11.1. The van der Waals surface area contributed by atoms with Crippen LogP contribution in [0.15, 0.2) is 138 Å². The van der Waals surface area contributed by atoms with Crippen LogP contribution in [0, 0.1) is 11.8 Å². The molecule has 2 unspecified atom stereocenters. The maximum absolute atomic E-state index is 6.43. The molecule has 196 valence electrons. The Morgan fingerprint density at radius 2 is 1.26 bits per heavy atom. The maximum Gasteiger partial charge on any atom is 0.136 e. The number of fused-ring (bicyclic) bond motifs is 4. The van der Waals surface area contributed by atoms with Gasteiger partial charge in [-0.05, 0) is 74.1 Å². The summed E-state index contributed by atoms with van der Waals surface area (Å²) in [5.41, 5.74) is 8.78. The lowest BCUT2D eigenvalue weighted by Gasteiger charge is -2.27. The molecule has 0 bridgehead atoms. The molecular formula is C40H25NO. The third-order valence-corrected chi connectivity index (χ3v) is 8.80. The molecule has 9 rings (SSSR count). The molecule has 2 heteroatoms. The molecule has 0 radical (unpaired) electrons. The quantitative estimate of drug-likeness (QED) is 0.180. The summed E-state index contributed by atoms with van der Waals surface area (Å²) < 4.78 is 6.43. The summed E-state index contributed by atoms with van der Waals surface area (Å²) >= 11 is 0. The van der Waals surface area contributed by atoms with Crippen LogP contribution in [0.5, 0.6) is 0 Å². The Balaban J connectivity index is 1.34. The fourth-order valence-electron chi connectivity index (χ4n) is 6.92. The van der Waals surface area contributed by atoms with E-state index in [0.29, 0.717) is 0 Å². The van der Waals surface area contributed by atoms with Gasteiger partial charge in [0.15, 0.2) is 0 Å². The van der Waals surface area contributed by atoms with Crippen LogP contribution in [0.2, 0.25) is 0 Å². The van der Waals surface area contributed by atoms with Crippen molar-refractivity contribution in [1.29, 1.82) is 0 Å². The molecule has 1 aromatic heterocycles. The van der Waals surface area contributed by atoms with E-state index in [4.69, 9.17) is 4.42 Å². The Kier molecular flexibility index (Phi) is 4.97. The van der Waals surface area contributed by atoms with Crippen molar-refractivity contribution >= 4 is 49.2 Å². The first-order valence-corrected chi connectivity index (χ1v) is 14.4. The number of para-hydroxylation sites is 1. The second kappa shape index (κ2) is 8.99. The van der Waals surface area contributed by atoms with Crippen molar-refractivity contribution in [2.75, 3.05) is 5.32 Å². The number of furan rings is 1. The highest BCUT2D eigenvalue weighted by Crippen LogP contribution is 2.47. The average molecular weight is 536 g/mol. The average Bonchev–Trinajstić information content (AvgIpc) is 3.33. The molecule has 2 nitrogen and oxygen atoms in total. The third kappa shape index (κ3) is 3.41. The van der Waals surface area contributed by atoms with Crippen LogP contribution in [0.3, 0.4) is 0 Å². The molecule has 0 fully saturated rings. The molecule has 2 atom stereocenters. The van der Waals surface area contributed by atoms with E-state index >= 15 is 0 Å². The van der Waals surface area contributed by atoms with Crippen molar-refractivity contribution in [2.24, 2.45) is 0 Å². The van der Waals surface area contributed by atoms with E-state index in [1.54, 1.807) is 0 Å². The van der Waals surface area contributed by atoms with Crippen LogP contribution in [0.4, 0.5) is 5.69 Å². The van der Waals surface area contributed by atoms with E-state index in [-0.39, 0.29) is 12.0 Å². The summed E-state index contributed by atoms with van der Waals surface area (Å²) in [6, 6.07) is 47.3. The molecule has 0 spiro atoms. The number of hydrogen-bond acceptors (Lipinski definition) is 2. The van der Waals surface area contributed by atoms with Crippen molar-refractivity contribution < 1.29 is 4.42 Å². The van der Waals surface area contributed by atoms with Gasteiger partial charge >= 0.3 is 0 Å². The number of benzene rings is 7. The Hall–Kier alpha value is -5.52. The molecule has 8 aromatic rings. The van der Waals surface area contributed by atoms with Crippen molar-refractivity contribution in [1.82, 2.24) is 0 Å². The van der Waals surface area contributed by atoms with Gasteiger partial charge in [-0.1, -0.05) is 115 Å². The van der Waals surface area contributed by atoms with E-state index in [0.717, 1.165) is 22.4 Å². The predicted octanol–water partition coefficient (Wildman–Crippen LogP) is 10.3. The van der Waals surface area contributed by atoms with E-state index in [9.17, 15) is 0 Å². The van der Waals surface area contributed by atoms with Gasteiger partial charge in [0.2, 0.25) is 0 Å². The second-order valence-electron chi connectivity index (χ2n) is 11.1. The van der Waals surface area contributed by atoms with Gasteiger partial charge in [-0.15, -0.1) is 0 Å². The van der Waals surface area contributed by atoms with Gasteiger partial charge < -0.3 is 9.73 Å². The van der Waals surface area contributed by atoms with Crippen LogP contribution < -0.4 is 5.32 Å². The standard InChI is InChI=1S/C40H25NO/c1-2-10-25(11-3-1)27-13-8-14-28(24-27)40-33(21-20-26-12-4-7-18-34(26)41-40)32-22-23-36-39-37(32)30-16-6-5-15-29(30)31-17-9-19-35(42-36)38(31)39/h1-19,22-24,33,40-41H. The van der Waals surface area contributed by atoms with Crippen molar-refractivity contribution in [3.05, 3.63) is 150 Å². The molecule has 1 N–H and O–H groups in total. The summed E-state index contributed by atoms with van der Waals surface area (Å²) in [5.74, 6) is 7.20. The summed E-state index contributed by atoms with van der Waals surface area (Å²) in [6.07, 6.45) is 0. The summed E-state index contributed by atoms with van der Waals surface area (Å²) in [4.78, 5) is 0. The highest BCUT2D eigenvalue weighted by atomic mass is 16.3. The van der Waals surface area contributed by atoms with Gasteiger partial charge in [0.05, 0.1) is 17.6 Å². The molecule has 7 aromatic carbocycles. The zero-order chi connectivity index (χ0) is 27.6. The topological polar surface area (TPSA) is 25.2 Å². The highest BCUT2D eigenvalue weighted by molar-refractivity contribution is 6.33. The Bertz CT molecular complexity index is 2350. The molecule has 0 saturated carbocycles. The molecule has 0 amide bonds. The minimum atomic E-state index is -0.105. The van der Waals surface area contributed by atoms with Crippen LogP contribution in [-0.2, 0) is 0 Å². The van der Waals surface area contributed by atoms with Crippen LogP contribution in [-0.4, -0.2) is 0 Å². The lowest BCUT2D eigenvalue weighted by molar-refractivity contribution is 0.668. The minimum absolute atomic E-state index is 0.0646. The zero-order valence-corrected chi connectivity index (χ0v) is 22.8. The number of rotatable bonds is 3. The van der Waals surface area contributed by atoms with Crippen molar-refractivity contribution in [3.8, 4) is 23.0 Å². The fraction of sp³-hybridized carbons (Fsp3) is 0.0500. The van der Waals surface area contributed by atoms with Crippen molar-refractivity contribution in [3.63, 3.8) is 0 Å². The first-order chi connectivity index (χ1) is 20.8. The largest absolute Gasteiger partial charge is 0.456 e. The van der Waals surface area contributed by atoms with Crippen LogP contribution >= 0.6 is 0 Å². The fourth-order valence-corrected chi connectivity index (χ4v) is 6.92. The van der Waals surface area contributed by atoms with Gasteiger partial charge in [-0.25, -0.2) is 0 Å². The Labute approximate surface area is 243 Å². The zero-order valence-electron chi connectivity index (χ0n) is 22.8. The highest BCUT2D eigenvalue weighted by Gasteiger charge is 2.30. The van der Waals surface area contributed by atoms with Gasteiger partial charge in [-0.2, -0.15) is 0 Å². The third-order valence-electron chi connectivity index (χ3n) is 8.80. The smallest absolute Gasteiger partial charge is 0.136 e. The normalized spacial score (nSPS) is 16.3. The van der Waals surface area contributed by atoms with Gasteiger partial charge in [0.1, 0.15) is 11.2 Å². The van der Waals surface area contributed by atoms with E-state index < -0.39 is 0 Å². The molecular weight excluding hydrogens is 510 g/mol. The van der Waals surface area contributed by atoms with E-state index in [1.807, 2.05) is 0 Å². The Morgan fingerprint density at radius 1 is 0.548 bits per heavy atom. The lowest BCUT2D eigenvalue weighted by atomic mass is 9.82. The van der Waals surface area contributed by atoms with E-state index in [2.05, 4.69) is 151 Å². The summed E-state index contributed by atoms with van der Waals surface area (Å²) in [5, 5.41) is 11.3. The van der Waals surface area contributed by atoms with Crippen molar-refractivity contribution in [2.45, 2.75) is 12.0 Å². The molecule has 1 aliphatic rings. The van der Waals surface area contributed by atoms with E-state index in [1.165, 1.54) is 54.6 Å². The molecule has 0 aliphatic carbocycles. The summed E-state index contributed by atoms with van der Waals surface area (Å²) in [7, 11) is 0. The first-order valence-electron chi connectivity index (χ1n) is 14.4. The number of anilines is 1. The maximum atomic E-state index is 6.43. The minimum Gasteiger partial charge on any atom is -0.456 e. The number of nitrogens with one attached hydrogen (secondary N) is 1.